The molecule has 0 radical (unpaired) electrons. The summed E-state index contributed by atoms with van der Waals surface area (Å²) in [5, 5.41) is 2.55. The number of amides is 1. The molecule has 0 aliphatic carbocycles. The summed E-state index contributed by atoms with van der Waals surface area (Å²) in [5.74, 6) is 0.0723. The van der Waals surface area contributed by atoms with Gasteiger partial charge >= 0.3 is 5.97 Å². The fraction of sp³-hybridized carbons (Fsp3) is 0.441. The van der Waals surface area contributed by atoms with Crippen LogP contribution in [0.1, 0.15) is 64.1 Å². The van der Waals surface area contributed by atoms with Crippen molar-refractivity contribution in [3.63, 3.8) is 0 Å². The van der Waals surface area contributed by atoms with E-state index in [1.807, 2.05) is 24.3 Å². The number of hydrogen-bond donors (Lipinski definition) is 3. The molecule has 1 aromatic heterocycles. The Morgan fingerprint density at radius 2 is 1.57 bits per heavy atom. The third kappa shape index (κ3) is 9.64. The Hall–Kier alpha value is -4.22. The molecule has 1 saturated heterocycles. The quantitative estimate of drug-likeness (QED) is 0.124. The summed E-state index contributed by atoms with van der Waals surface area (Å²) in [5.41, 5.74) is 14.7. The minimum absolute atomic E-state index is 0.00918. The van der Waals surface area contributed by atoms with Gasteiger partial charge in [0.15, 0.2) is 22.6 Å². The number of piperidine rings is 1. The second kappa shape index (κ2) is 16.4. The topological polar surface area (TPSA) is 160 Å². The number of nitrogens with one attached hydrogen (secondary N) is 1. The van der Waals surface area contributed by atoms with Crippen LogP contribution in [0.15, 0.2) is 48.5 Å². The molecular weight excluding hydrogens is 608 g/mol. The third-order valence-electron chi connectivity index (χ3n) is 8.73. The molecule has 46 heavy (non-hydrogen) atoms. The largest absolute Gasteiger partial charge is 0.497 e. The fourth-order valence-electron chi connectivity index (χ4n) is 6.31. The minimum Gasteiger partial charge on any atom is -0.497 e. The smallest absolute Gasteiger partial charge is 0.325 e. The van der Waals surface area contributed by atoms with Gasteiger partial charge in [-0.1, -0.05) is 35.9 Å². The molecule has 0 bridgehead atoms. The second-order valence-electron chi connectivity index (χ2n) is 12.0. The van der Waals surface area contributed by atoms with Crippen molar-refractivity contribution in [2.45, 2.75) is 44.9 Å². The molecule has 0 spiro atoms. The number of halogens is 1. The third-order valence-corrected chi connectivity index (χ3v) is 9.00. The normalized spacial score (nSPS) is 17.7. The summed E-state index contributed by atoms with van der Waals surface area (Å²) < 4.78 is 10.8. The summed E-state index contributed by atoms with van der Waals surface area (Å²) in [6.45, 7) is 3.76. The zero-order valence-corrected chi connectivity index (χ0v) is 27.4. The summed E-state index contributed by atoms with van der Waals surface area (Å²) >= 11 is 6.05. The SMILES string of the molecule is COC(=O)CNC(=O)c1ccc(CCC[N+]2(CCCc3ccc(OC)cc3)CCCC(CC(=O)c3nc(Cl)c(N)nc3N)C2)cc1. The van der Waals surface area contributed by atoms with Crippen LogP contribution in [0.25, 0.3) is 0 Å². The van der Waals surface area contributed by atoms with Crippen LogP contribution in [0.2, 0.25) is 5.15 Å². The van der Waals surface area contributed by atoms with E-state index < -0.39 is 5.97 Å². The van der Waals surface area contributed by atoms with Crippen molar-refractivity contribution < 1.29 is 28.3 Å². The van der Waals surface area contributed by atoms with Crippen LogP contribution < -0.4 is 21.5 Å². The van der Waals surface area contributed by atoms with Crippen LogP contribution in [0.4, 0.5) is 11.6 Å². The van der Waals surface area contributed by atoms with Crippen molar-refractivity contribution in [2.75, 3.05) is 58.4 Å². The minimum atomic E-state index is -0.497. The number of nitrogens with two attached hydrogens (primary N) is 2. The Labute approximate surface area is 275 Å². The molecule has 1 fully saturated rings. The van der Waals surface area contributed by atoms with E-state index in [2.05, 4.69) is 32.2 Å². The summed E-state index contributed by atoms with van der Waals surface area (Å²) in [7, 11) is 2.95. The van der Waals surface area contributed by atoms with Crippen molar-refractivity contribution in [1.82, 2.24) is 15.3 Å². The van der Waals surface area contributed by atoms with Gasteiger partial charge in [0.05, 0.1) is 40.4 Å². The van der Waals surface area contributed by atoms with Gasteiger partial charge in [0.1, 0.15) is 18.0 Å². The Balaban J connectivity index is 1.40. The molecule has 12 heteroatoms. The number of aromatic nitrogens is 2. The molecule has 2 unspecified atom stereocenters. The number of ether oxygens (including phenoxy) is 2. The van der Waals surface area contributed by atoms with E-state index in [1.54, 1.807) is 19.2 Å². The first-order valence-electron chi connectivity index (χ1n) is 15.6. The van der Waals surface area contributed by atoms with E-state index in [9.17, 15) is 14.4 Å². The van der Waals surface area contributed by atoms with Gasteiger partial charge in [0.25, 0.3) is 5.91 Å². The first-order chi connectivity index (χ1) is 22.1. The van der Waals surface area contributed by atoms with Crippen LogP contribution in [0, 0.1) is 5.92 Å². The highest BCUT2D eigenvalue weighted by molar-refractivity contribution is 6.31. The Morgan fingerprint density at radius 1 is 0.935 bits per heavy atom. The lowest BCUT2D eigenvalue weighted by molar-refractivity contribution is -0.936. The number of nitrogens with zero attached hydrogens (tertiary/aromatic N) is 3. The Bertz CT molecular complexity index is 1500. The Kier molecular flexibility index (Phi) is 12.3. The molecule has 246 valence electrons. The van der Waals surface area contributed by atoms with Crippen molar-refractivity contribution in [1.29, 1.82) is 0 Å². The predicted octanol–water partition coefficient (Wildman–Crippen LogP) is 4.27. The number of aryl methyl sites for hydroxylation is 2. The van der Waals surface area contributed by atoms with E-state index in [0.29, 0.717) is 12.0 Å². The summed E-state index contributed by atoms with van der Waals surface area (Å²) in [6.07, 6.45) is 6.12. The average Bonchev–Trinajstić information content (AvgIpc) is 3.06. The predicted molar refractivity (Wildman–Crippen MR) is 178 cm³/mol. The molecule has 0 saturated carbocycles. The standard InChI is InChI=1S/C34H43ClN6O5/c1-45-27-15-11-24(12-16-27)7-4-18-41(17-3-6-23-9-13-26(14-10-23)34(44)38-21-29(43)46-2)19-5-8-25(22-41)20-28(42)30-32(36)40-33(37)31(35)39-30/h9-16,25H,3-8,17-22H2,1-2H3,(H4-,36,37,38,40,42,44)/p+1. The zero-order valence-electron chi connectivity index (χ0n) is 26.6. The van der Waals surface area contributed by atoms with E-state index >= 15 is 0 Å². The highest BCUT2D eigenvalue weighted by atomic mass is 35.5. The first kappa shape index (κ1) is 34.6. The number of carbonyl (C=O) groups excluding carboxylic acids is 3. The van der Waals surface area contributed by atoms with Crippen molar-refractivity contribution in [3.05, 3.63) is 76.1 Å². The molecule has 1 aliphatic heterocycles. The number of quaternary nitrogens is 1. The van der Waals surface area contributed by atoms with Gasteiger partial charge in [0.2, 0.25) is 0 Å². The van der Waals surface area contributed by atoms with Gasteiger partial charge in [0, 0.05) is 30.7 Å². The molecule has 11 nitrogen and oxygen atoms in total. The van der Waals surface area contributed by atoms with Crippen LogP contribution >= 0.6 is 11.6 Å². The number of esters is 1. The van der Waals surface area contributed by atoms with Gasteiger partial charge < -0.3 is 30.7 Å². The molecule has 4 rings (SSSR count). The van der Waals surface area contributed by atoms with Crippen LogP contribution in [0.5, 0.6) is 5.75 Å². The van der Waals surface area contributed by atoms with Crippen LogP contribution in [0.3, 0.4) is 0 Å². The van der Waals surface area contributed by atoms with E-state index in [1.165, 1.54) is 12.7 Å². The lowest BCUT2D eigenvalue weighted by Gasteiger charge is -2.45. The maximum atomic E-state index is 13.3. The maximum Gasteiger partial charge on any atom is 0.325 e. The number of benzene rings is 2. The van der Waals surface area contributed by atoms with Crippen LogP contribution in [-0.4, -0.2) is 79.1 Å². The monoisotopic (exact) mass is 651 g/mol. The molecule has 1 aliphatic rings. The lowest BCUT2D eigenvalue weighted by Crippen LogP contribution is -2.55. The molecule has 2 aromatic carbocycles. The summed E-state index contributed by atoms with van der Waals surface area (Å²) in [4.78, 5) is 45.1. The van der Waals surface area contributed by atoms with Gasteiger partial charge in [-0.3, -0.25) is 14.4 Å². The zero-order chi connectivity index (χ0) is 33.1. The number of nitrogen functional groups attached to an aromatic ring is 2. The van der Waals surface area contributed by atoms with Gasteiger partial charge in [-0.15, -0.1) is 0 Å². The number of rotatable bonds is 15. The highest BCUT2D eigenvalue weighted by Crippen LogP contribution is 2.30. The van der Waals surface area contributed by atoms with Crippen molar-refractivity contribution in [2.24, 2.45) is 5.92 Å². The number of Topliss-reactive ketones (excluding diaryl/α,β-unsaturated/α-hetero) is 1. The first-order valence-corrected chi connectivity index (χ1v) is 16.0. The number of anilines is 2. The molecule has 2 atom stereocenters. The average molecular weight is 652 g/mol. The Morgan fingerprint density at radius 3 is 2.17 bits per heavy atom. The van der Waals surface area contributed by atoms with Crippen LogP contribution in [-0.2, 0) is 22.4 Å². The maximum absolute atomic E-state index is 13.3. The fourth-order valence-corrected chi connectivity index (χ4v) is 6.44. The van der Waals surface area contributed by atoms with Gasteiger partial charge in [-0.05, 0) is 61.1 Å². The van der Waals surface area contributed by atoms with E-state index in [4.69, 9.17) is 27.8 Å². The number of hydrogen-bond acceptors (Lipinski definition) is 9. The molecule has 1 amide bonds. The van der Waals surface area contributed by atoms with Gasteiger partial charge in [-0.25, -0.2) is 9.97 Å². The molecule has 5 N–H and O–H groups in total. The molecular formula is C34H44ClN6O5+. The number of likely N-dealkylation sites (tertiary alicyclic amines) is 1. The number of methoxy groups -OCH3 is 2. The van der Waals surface area contributed by atoms with E-state index in [0.717, 1.165) is 80.5 Å². The highest BCUT2D eigenvalue weighted by Gasteiger charge is 2.36. The second-order valence-corrected chi connectivity index (χ2v) is 12.3. The van der Waals surface area contributed by atoms with Crippen molar-refractivity contribution >= 4 is 40.9 Å². The van der Waals surface area contributed by atoms with Gasteiger partial charge in [-0.2, -0.15) is 0 Å². The van der Waals surface area contributed by atoms with E-state index in [-0.39, 0.29) is 46.6 Å². The number of carbonyl (C=O) groups is 3. The van der Waals surface area contributed by atoms with Crippen molar-refractivity contribution in [3.8, 4) is 5.75 Å². The molecule has 2 heterocycles. The molecule has 3 aromatic rings. The summed E-state index contributed by atoms with van der Waals surface area (Å²) in [6, 6.07) is 15.7. The number of ketones is 1. The lowest BCUT2D eigenvalue weighted by atomic mass is 9.89.